The molecule has 0 bridgehead atoms. The van der Waals surface area contributed by atoms with E-state index in [0.717, 1.165) is 57.2 Å². The third-order valence-corrected chi connectivity index (χ3v) is 3.65. The van der Waals surface area contributed by atoms with Gasteiger partial charge in [0, 0.05) is 25.8 Å². The number of hydrogen-bond acceptors (Lipinski definition) is 5. The van der Waals surface area contributed by atoms with Crippen molar-refractivity contribution in [2.45, 2.75) is 52.3 Å². The maximum Gasteiger partial charge on any atom is 0.151 e. The van der Waals surface area contributed by atoms with Gasteiger partial charge in [-0.2, -0.15) is 0 Å². The zero-order valence-electron chi connectivity index (χ0n) is 12.7. The predicted octanol–water partition coefficient (Wildman–Crippen LogP) is 2.18. The Bertz CT molecular complexity index is 375. The number of ether oxygens (including phenoxy) is 1. The van der Waals surface area contributed by atoms with Crippen molar-refractivity contribution >= 4 is 0 Å². The molecule has 0 aromatic carbocycles. The second-order valence-electron chi connectivity index (χ2n) is 5.42. The average Bonchev–Trinajstić information content (AvgIpc) is 3.10. The Morgan fingerprint density at radius 1 is 1.45 bits per heavy atom. The highest BCUT2D eigenvalue weighted by molar-refractivity contribution is 5.05. The fourth-order valence-electron chi connectivity index (χ4n) is 2.51. The number of aromatic nitrogens is 1. The summed E-state index contributed by atoms with van der Waals surface area (Å²) >= 11 is 0. The quantitative estimate of drug-likeness (QED) is 0.703. The van der Waals surface area contributed by atoms with Crippen LogP contribution in [0.25, 0.3) is 0 Å². The van der Waals surface area contributed by atoms with E-state index >= 15 is 0 Å². The minimum absolute atomic E-state index is 0.392. The number of nitrogens with one attached hydrogen (secondary N) is 1. The van der Waals surface area contributed by atoms with Crippen LogP contribution in [0.4, 0.5) is 0 Å². The molecule has 1 aliphatic heterocycles. The van der Waals surface area contributed by atoms with Gasteiger partial charge in [0.2, 0.25) is 0 Å². The summed E-state index contributed by atoms with van der Waals surface area (Å²) in [6, 6.07) is 2.06. The fraction of sp³-hybridized carbons (Fsp3) is 0.800. The van der Waals surface area contributed by atoms with E-state index in [0.29, 0.717) is 6.10 Å². The van der Waals surface area contributed by atoms with E-state index in [1.807, 2.05) is 0 Å². The summed E-state index contributed by atoms with van der Waals surface area (Å²) in [6.45, 7) is 9.86. The molecular formula is C15H27N3O2. The molecule has 0 radical (unpaired) electrons. The van der Waals surface area contributed by atoms with E-state index in [9.17, 15) is 0 Å². The van der Waals surface area contributed by atoms with Gasteiger partial charge < -0.3 is 14.6 Å². The van der Waals surface area contributed by atoms with Crippen molar-refractivity contribution in [2.75, 3.05) is 26.2 Å². The lowest BCUT2D eigenvalue weighted by molar-refractivity contribution is 0.0695. The molecule has 1 aliphatic rings. The molecular weight excluding hydrogens is 254 g/mol. The highest BCUT2D eigenvalue weighted by Crippen LogP contribution is 2.15. The molecule has 114 valence electrons. The van der Waals surface area contributed by atoms with Crippen LogP contribution in [0.3, 0.4) is 0 Å². The second kappa shape index (κ2) is 8.39. The molecule has 5 nitrogen and oxygen atoms in total. The molecule has 0 aliphatic carbocycles. The van der Waals surface area contributed by atoms with Gasteiger partial charge in [0.1, 0.15) is 0 Å². The van der Waals surface area contributed by atoms with Gasteiger partial charge in [-0.05, 0) is 32.4 Å². The van der Waals surface area contributed by atoms with Crippen LogP contribution in [0.5, 0.6) is 0 Å². The van der Waals surface area contributed by atoms with Gasteiger partial charge in [-0.1, -0.05) is 19.0 Å². The summed E-state index contributed by atoms with van der Waals surface area (Å²) in [4.78, 5) is 2.36. The monoisotopic (exact) mass is 281 g/mol. The topological polar surface area (TPSA) is 50.5 Å². The smallest absolute Gasteiger partial charge is 0.151 e. The van der Waals surface area contributed by atoms with Crippen molar-refractivity contribution in [1.82, 2.24) is 15.4 Å². The Hall–Kier alpha value is -0.910. The predicted molar refractivity (Wildman–Crippen MR) is 78.4 cm³/mol. The Morgan fingerprint density at radius 2 is 2.35 bits per heavy atom. The molecule has 0 saturated carbocycles. The van der Waals surface area contributed by atoms with Crippen LogP contribution >= 0.6 is 0 Å². The largest absolute Gasteiger partial charge is 0.377 e. The molecule has 1 N–H and O–H groups in total. The van der Waals surface area contributed by atoms with Gasteiger partial charge in [0.15, 0.2) is 5.76 Å². The van der Waals surface area contributed by atoms with Crippen molar-refractivity contribution in [3.8, 4) is 0 Å². The fourth-order valence-corrected chi connectivity index (χ4v) is 2.51. The standard InChI is InChI=1S/C15H27N3O2/c1-3-7-16-10-13-9-15(20-17-13)12-18(4-2)11-14-6-5-8-19-14/h9,14,16H,3-8,10-12H2,1-2H3. The normalized spacial score (nSPS) is 19.1. The summed E-state index contributed by atoms with van der Waals surface area (Å²) in [5.41, 5.74) is 0.988. The lowest BCUT2D eigenvalue weighted by Gasteiger charge is -2.22. The van der Waals surface area contributed by atoms with E-state index in [1.165, 1.54) is 12.8 Å². The molecule has 1 atom stereocenters. The zero-order chi connectivity index (χ0) is 14.2. The maximum atomic E-state index is 5.70. The lowest BCUT2D eigenvalue weighted by atomic mass is 10.2. The number of nitrogens with zero attached hydrogens (tertiary/aromatic N) is 2. The minimum Gasteiger partial charge on any atom is -0.377 e. The summed E-state index contributed by atoms with van der Waals surface area (Å²) in [5, 5.41) is 7.45. The summed E-state index contributed by atoms with van der Waals surface area (Å²) in [5.74, 6) is 0.943. The van der Waals surface area contributed by atoms with Gasteiger partial charge in [-0.15, -0.1) is 0 Å². The van der Waals surface area contributed by atoms with Crippen LogP contribution in [0.2, 0.25) is 0 Å². The van der Waals surface area contributed by atoms with Crippen molar-refractivity contribution < 1.29 is 9.26 Å². The SMILES string of the molecule is CCCNCc1cc(CN(CC)CC2CCCO2)on1. The van der Waals surface area contributed by atoms with Crippen molar-refractivity contribution in [3.05, 3.63) is 17.5 Å². The Balaban J connectivity index is 1.77. The Morgan fingerprint density at radius 3 is 3.05 bits per heavy atom. The van der Waals surface area contributed by atoms with Crippen LogP contribution in [-0.4, -0.2) is 42.4 Å². The van der Waals surface area contributed by atoms with Crippen LogP contribution in [0, 0.1) is 0 Å². The van der Waals surface area contributed by atoms with Crippen molar-refractivity contribution in [2.24, 2.45) is 0 Å². The van der Waals surface area contributed by atoms with Crippen LogP contribution in [-0.2, 0) is 17.8 Å². The third kappa shape index (κ3) is 4.89. The average molecular weight is 281 g/mol. The van der Waals surface area contributed by atoms with Crippen molar-refractivity contribution in [1.29, 1.82) is 0 Å². The molecule has 1 aromatic rings. The molecule has 0 amide bonds. The second-order valence-corrected chi connectivity index (χ2v) is 5.42. The van der Waals surface area contributed by atoms with Gasteiger partial charge in [-0.25, -0.2) is 0 Å². The molecule has 1 saturated heterocycles. The van der Waals surface area contributed by atoms with E-state index in [-0.39, 0.29) is 0 Å². The van der Waals surface area contributed by atoms with E-state index < -0.39 is 0 Å². The Kier molecular flexibility index (Phi) is 6.50. The molecule has 5 heteroatoms. The van der Waals surface area contributed by atoms with Gasteiger partial charge >= 0.3 is 0 Å². The number of rotatable bonds is 9. The molecule has 20 heavy (non-hydrogen) atoms. The van der Waals surface area contributed by atoms with Crippen molar-refractivity contribution in [3.63, 3.8) is 0 Å². The van der Waals surface area contributed by atoms with Crippen LogP contribution < -0.4 is 5.32 Å². The van der Waals surface area contributed by atoms with Gasteiger partial charge in [0.25, 0.3) is 0 Å². The summed E-state index contributed by atoms with van der Waals surface area (Å²) in [7, 11) is 0. The first-order chi connectivity index (χ1) is 9.81. The molecule has 1 fully saturated rings. The van der Waals surface area contributed by atoms with E-state index in [2.05, 4.69) is 35.3 Å². The maximum absolute atomic E-state index is 5.70. The lowest BCUT2D eigenvalue weighted by Crippen LogP contribution is -2.31. The van der Waals surface area contributed by atoms with Crippen LogP contribution in [0.15, 0.2) is 10.6 Å². The van der Waals surface area contributed by atoms with Crippen LogP contribution in [0.1, 0.15) is 44.6 Å². The van der Waals surface area contributed by atoms with Gasteiger partial charge in [0.05, 0.1) is 18.3 Å². The minimum atomic E-state index is 0.392. The molecule has 1 unspecified atom stereocenters. The molecule has 0 spiro atoms. The number of likely N-dealkylation sites (N-methyl/N-ethyl adjacent to an activating group) is 1. The Labute approximate surface area is 121 Å². The van der Waals surface area contributed by atoms with E-state index in [4.69, 9.17) is 9.26 Å². The molecule has 1 aromatic heterocycles. The summed E-state index contributed by atoms with van der Waals surface area (Å²) < 4.78 is 11.1. The summed E-state index contributed by atoms with van der Waals surface area (Å²) in [6.07, 6.45) is 3.90. The first-order valence-electron chi connectivity index (χ1n) is 7.81. The first kappa shape index (κ1) is 15.5. The highest BCUT2D eigenvalue weighted by atomic mass is 16.5. The molecule has 2 rings (SSSR count). The third-order valence-electron chi connectivity index (χ3n) is 3.65. The zero-order valence-corrected chi connectivity index (χ0v) is 12.7. The van der Waals surface area contributed by atoms with Gasteiger partial charge in [-0.3, -0.25) is 4.90 Å². The first-order valence-corrected chi connectivity index (χ1v) is 7.81. The number of hydrogen-bond donors (Lipinski definition) is 1. The molecule has 2 heterocycles. The highest BCUT2D eigenvalue weighted by Gasteiger charge is 2.19. The van der Waals surface area contributed by atoms with E-state index in [1.54, 1.807) is 0 Å².